The number of rotatable bonds is 4. The highest BCUT2D eigenvalue weighted by Crippen LogP contribution is 2.17. The molecule has 0 amide bonds. The van der Waals surface area contributed by atoms with Crippen LogP contribution < -0.4 is 5.32 Å². The van der Waals surface area contributed by atoms with Crippen LogP contribution in [-0.2, 0) is 16.1 Å². The molecule has 1 aromatic carbocycles. The van der Waals surface area contributed by atoms with E-state index in [1.165, 1.54) is 0 Å². The maximum Gasteiger partial charge on any atom is 0.324 e. The monoisotopic (exact) mass is 282 g/mol. The molecule has 5 heteroatoms. The molecule has 1 aromatic rings. The zero-order valence-corrected chi connectivity index (χ0v) is 11.8. The summed E-state index contributed by atoms with van der Waals surface area (Å²) >= 11 is 6.16. The normalized spacial score (nSPS) is 20.2. The summed E-state index contributed by atoms with van der Waals surface area (Å²) in [5.41, 5.74) is 1.09. The molecule has 0 bridgehead atoms. The average molecular weight is 283 g/mol. The summed E-state index contributed by atoms with van der Waals surface area (Å²) in [7, 11) is 0. The van der Waals surface area contributed by atoms with Crippen molar-refractivity contribution in [3.05, 3.63) is 34.9 Å². The summed E-state index contributed by atoms with van der Waals surface area (Å²) in [6, 6.07) is 7.57. The average Bonchev–Trinajstić information content (AvgIpc) is 2.42. The van der Waals surface area contributed by atoms with Crippen molar-refractivity contribution >= 4 is 17.6 Å². The maximum absolute atomic E-state index is 11.7. The number of esters is 1. The Morgan fingerprint density at radius 3 is 3.05 bits per heavy atom. The first-order valence-corrected chi connectivity index (χ1v) is 6.94. The molecule has 1 aliphatic heterocycles. The molecule has 1 aliphatic rings. The van der Waals surface area contributed by atoms with Gasteiger partial charge in [0.1, 0.15) is 6.04 Å². The first kappa shape index (κ1) is 14.3. The molecule has 1 atom stereocenters. The van der Waals surface area contributed by atoms with Crippen LogP contribution in [0.5, 0.6) is 0 Å². The van der Waals surface area contributed by atoms with Crippen LogP contribution in [0.15, 0.2) is 24.3 Å². The van der Waals surface area contributed by atoms with Gasteiger partial charge < -0.3 is 10.1 Å². The fraction of sp³-hybridized carbons (Fsp3) is 0.500. The number of nitrogens with zero attached hydrogens (tertiary/aromatic N) is 1. The van der Waals surface area contributed by atoms with Gasteiger partial charge in [-0.15, -0.1) is 0 Å². The van der Waals surface area contributed by atoms with E-state index in [1.54, 1.807) is 0 Å². The fourth-order valence-corrected chi connectivity index (χ4v) is 2.42. The van der Waals surface area contributed by atoms with Crippen LogP contribution in [0.25, 0.3) is 0 Å². The fourth-order valence-electron chi connectivity index (χ4n) is 2.22. The van der Waals surface area contributed by atoms with Crippen molar-refractivity contribution < 1.29 is 9.53 Å². The second-order valence-corrected chi connectivity index (χ2v) is 4.99. The molecule has 4 nitrogen and oxygen atoms in total. The van der Waals surface area contributed by atoms with E-state index in [0.29, 0.717) is 13.2 Å². The van der Waals surface area contributed by atoms with E-state index < -0.39 is 0 Å². The third-order valence-electron chi connectivity index (χ3n) is 3.18. The minimum atomic E-state index is -0.240. The Hall–Kier alpha value is -1.10. The molecule has 0 radical (unpaired) electrons. The minimum absolute atomic E-state index is 0.175. The summed E-state index contributed by atoms with van der Waals surface area (Å²) in [5, 5.41) is 3.96. The van der Waals surface area contributed by atoms with Gasteiger partial charge in [0, 0.05) is 31.2 Å². The Bertz CT molecular complexity index is 439. The van der Waals surface area contributed by atoms with Crippen LogP contribution in [0.4, 0.5) is 0 Å². The number of benzene rings is 1. The summed E-state index contributed by atoms with van der Waals surface area (Å²) in [5.74, 6) is -0.175. The van der Waals surface area contributed by atoms with Crippen molar-refractivity contribution in [3.63, 3.8) is 0 Å². The van der Waals surface area contributed by atoms with Gasteiger partial charge in [-0.2, -0.15) is 0 Å². The number of carbonyl (C=O) groups is 1. The van der Waals surface area contributed by atoms with Gasteiger partial charge in [0.25, 0.3) is 0 Å². The van der Waals surface area contributed by atoms with Gasteiger partial charge in [-0.3, -0.25) is 9.69 Å². The second-order valence-electron chi connectivity index (χ2n) is 4.59. The van der Waals surface area contributed by atoms with Crippen molar-refractivity contribution in [3.8, 4) is 0 Å². The highest BCUT2D eigenvalue weighted by molar-refractivity contribution is 6.31. The molecule has 1 N–H and O–H groups in total. The van der Waals surface area contributed by atoms with Gasteiger partial charge in [0.15, 0.2) is 0 Å². The molecule has 0 saturated carbocycles. The Morgan fingerprint density at radius 1 is 1.53 bits per heavy atom. The lowest BCUT2D eigenvalue weighted by atomic mass is 10.1. The predicted octanol–water partition coefficient (Wildman–Crippen LogP) is 1.68. The first-order chi connectivity index (χ1) is 9.20. The van der Waals surface area contributed by atoms with Gasteiger partial charge in [0.2, 0.25) is 0 Å². The maximum atomic E-state index is 11.7. The molecule has 1 unspecified atom stereocenters. The Morgan fingerprint density at radius 2 is 2.32 bits per heavy atom. The van der Waals surface area contributed by atoms with Crippen molar-refractivity contribution in [1.82, 2.24) is 10.2 Å². The SMILES string of the molecule is CCOC(=O)C1CN(Cc2ccccc2Cl)CCN1. The zero-order chi connectivity index (χ0) is 13.7. The molecule has 1 saturated heterocycles. The second kappa shape index (κ2) is 6.89. The molecule has 0 aliphatic carbocycles. The molecule has 0 spiro atoms. The number of carbonyl (C=O) groups excluding carboxylic acids is 1. The lowest BCUT2D eigenvalue weighted by molar-refractivity contribution is -0.146. The van der Waals surface area contributed by atoms with Crippen LogP contribution in [-0.4, -0.2) is 43.2 Å². The Labute approximate surface area is 118 Å². The lowest BCUT2D eigenvalue weighted by Gasteiger charge is -2.32. The van der Waals surface area contributed by atoms with Crippen LogP contribution in [0.3, 0.4) is 0 Å². The highest BCUT2D eigenvalue weighted by atomic mass is 35.5. The van der Waals surface area contributed by atoms with Crippen molar-refractivity contribution in [2.45, 2.75) is 19.5 Å². The number of halogens is 1. The topological polar surface area (TPSA) is 41.6 Å². The first-order valence-electron chi connectivity index (χ1n) is 6.56. The summed E-state index contributed by atoms with van der Waals surface area (Å²) in [6.07, 6.45) is 0. The summed E-state index contributed by atoms with van der Waals surface area (Å²) in [4.78, 5) is 13.9. The quantitative estimate of drug-likeness (QED) is 0.853. The zero-order valence-electron chi connectivity index (χ0n) is 11.1. The van der Waals surface area contributed by atoms with E-state index in [9.17, 15) is 4.79 Å². The van der Waals surface area contributed by atoms with Gasteiger partial charge in [-0.1, -0.05) is 29.8 Å². The number of piperazine rings is 1. The minimum Gasteiger partial charge on any atom is -0.465 e. The Balaban J connectivity index is 1.94. The molecule has 0 aromatic heterocycles. The highest BCUT2D eigenvalue weighted by Gasteiger charge is 2.26. The molecule has 1 fully saturated rings. The van der Waals surface area contributed by atoms with Gasteiger partial charge in [-0.05, 0) is 18.6 Å². The van der Waals surface area contributed by atoms with Crippen LogP contribution in [0.1, 0.15) is 12.5 Å². The standard InChI is InChI=1S/C14H19ClN2O2/c1-2-19-14(18)13-10-17(8-7-16-13)9-11-5-3-4-6-12(11)15/h3-6,13,16H,2,7-10H2,1H3. The molecule has 104 valence electrons. The smallest absolute Gasteiger partial charge is 0.324 e. The predicted molar refractivity (Wildman–Crippen MR) is 75.2 cm³/mol. The van der Waals surface area contributed by atoms with E-state index >= 15 is 0 Å². The molecule has 2 rings (SSSR count). The number of nitrogens with one attached hydrogen (secondary N) is 1. The Kier molecular flexibility index (Phi) is 5.19. The van der Waals surface area contributed by atoms with Gasteiger partial charge in [0.05, 0.1) is 6.61 Å². The van der Waals surface area contributed by atoms with E-state index in [1.807, 2.05) is 31.2 Å². The number of hydrogen-bond acceptors (Lipinski definition) is 4. The van der Waals surface area contributed by atoms with Crippen LogP contribution in [0, 0.1) is 0 Å². The molecule has 1 heterocycles. The summed E-state index contributed by atoms with van der Waals surface area (Å²) < 4.78 is 5.05. The third kappa shape index (κ3) is 3.93. The largest absolute Gasteiger partial charge is 0.465 e. The van der Waals surface area contributed by atoms with Crippen LogP contribution >= 0.6 is 11.6 Å². The van der Waals surface area contributed by atoms with Gasteiger partial charge >= 0.3 is 5.97 Å². The molecular weight excluding hydrogens is 264 g/mol. The molecular formula is C14H19ClN2O2. The third-order valence-corrected chi connectivity index (χ3v) is 3.55. The van der Waals surface area contributed by atoms with E-state index in [4.69, 9.17) is 16.3 Å². The van der Waals surface area contributed by atoms with E-state index in [-0.39, 0.29) is 12.0 Å². The molecule has 19 heavy (non-hydrogen) atoms. The summed E-state index contributed by atoms with van der Waals surface area (Å²) in [6.45, 7) is 5.35. The number of ether oxygens (including phenoxy) is 1. The van der Waals surface area contributed by atoms with Gasteiger partial charge in [-0.25, -0.2) is 0 Å². The lowest BCUT2D eigenvalue weighted by Crippen LogP contribution is -2.54. The number of hydrogen-bond donors (Lipinski definition) is 1. The van der Waals surface area contributed by atoms with Crippen LogP contribution in [0.2, 0.25) is 5.02 Å². The van der Waals surface area contributed by atoms with Crippen molar-refractivity contribution in [2.75, 3.05) is 26.2 Å². The van der Waals surface area contributed by atoms with E-state index in [0.717, 1.165) is 30.2 Å². The van der Waals surface area contributed by atoms with Crippen molar-refractivity contribution in [1.29, 1.82) is 0 Å². The van der Waals surface area contributed by atoms with E-state index in [2.05, 4.69) is 10.2 Å². The van der Waals surface area contributed by atoms with Crippen molar-refractivity contribution in [2.24, 2.45) is 0 Å².